The van der Waals surface area contributed by atoms with Crippen LogP contribution in [0.4, 0.5) is 13.2 Å². The molecule has 1 heterocycles. The largest absolute Gasteiger partial charge is 0.497 e. The van der Waals surface area contributed by atoms with E-state index in [1.165, 1.54) is 12.3 Å². The molecule has 1 aromatic carbocycles. The highest BCUT2D eigenvalue weighted by Crippen LogP contribution is 2.22. The number of allylic oxidation sites excluding steroid dienone is 3. The minimum atomic E-state index is -1.06. The standard InChI is InChI=1S/C11H13NO2.C9H13F.C5H9NO.C3H4F2.C3H4/c1-12-6-8-3-4-9(14-2)5-10(8)11(13)7-12;1-4-9(10)7-5-6-8(2)3;1-3-5(7)6-4-2;1-3(5)2-4;1-3-2/h3-5H,6-7H2,1-2H3;4,8H,7H2,1-3H3;4H,2-3H2,1H3,(H,6,7);1-2H2;1H,2H3/b;9-4+;;;. The maximum atomic E-state index is 12.3. The zero-order valence-electron chi connectivity index (χ0n) is 24.3. The maximum absolute atomic E-state index is 12.3. The molecule has 8 heteroatoms. The molecular weight excluding hydrogens is 505 g/mol. The number of nitrogens with one attached hydrogen (secondary N) is 1. The van der Waals surface area contributed by atoms with E-state index in [-0.39, 0.29) is 23.9 Å². The molecule has 1 aromatic rings. The number of amides is 1. The fourth-order valence-electron chi connectivity index (χ4n) is 2.41. The molecule has 216 valence electrons. The molecule has 1 aliphatic rings. The Labute approximate surface area is 233 Å². The molecule has 1 N–H and O–H groups in total. The van der Waals surface area contributed by atoms with Crippen molar-refractivity contribution in [3.8, 4) is 29.9 Å². The number of hydrogen-bond donors (Lipinski definition) is 1. The highest BCUT2D eigenvalue weighted by molar-refractivity contribution is 6.00. The van der Waals surface area contributed by atoms with Crippen molar-refractivity contribution in [3.05, 3.63) is 66.4 Å². The van der Waals surface area contributed by atoms with Crippen LogP contribution in [-0.2, 0) is 11.3 Å². The number of ketones is 1. The molecule has 0 aromatic heterocycles. The first-order chi connectivity index (χ1) is 18.4. The number of Topliss-reactive ketones (excluding diaryl/α,β-unsaturated/α-hetero) is 1. The molecule has 0 bridgehead atoms. The first-order valence-corrected chi connectivity index (χ1v) is 12.2. The van der Waals surface area contributed by atoms with Crippen LogP contribution in [0.15, 0.2) is 55.3 Å². The van der Waals surface area contributed by atoms with E-state index < -0.39 is 12.5 Å². The molecule has 0 aliphatic carbocycles. The van der Waals surface area contributed by atoms with Crippen molar-refractivity contribution < 1.29 is 27.5 Å². The maximum Gasteiger partial charge on any atom is 0.223 e. The van der Waals surface area contributed by atoms with Gasteiger partial charge in [0.2, 0.25) is 5.91 Å². The van der Waals surface area contributed by atoms with Gasteiger partial charge in [0.1, 0.15) is 24.1 Å². The van der Waals surface area contributed by atoms with Gasteiger partial charge >= 0.3 is 0 Å². The topological polar surface area (TPSA) is 58.6 Å². The van der Waals surface area contributed by atoms with Gasteiger partial charge in [-0.3, -0.25) is 14.5 Å². The predicted octanol–water partition coefficient (Wildman–Crippen LogP) is 6.97. The van der Waals surface area contributed by atoms with E-state index in [1.54, 1.807) is 27.9 Å². The molecule has 1 amide bonds. The highest BCUT2D eigenvalue weighted by Gasteiger charge is 2.20. The fourth-order valence-corrected chi connectivity index (χ4v) is 2.41. The molecule has 0 spiro atoms. The van der Waals surface area contributed by atoms with E-state index in [0.717, 1.165) is 23.4 Å². The second-order valence-electron chi connectivity index (χ2n) is 8.07. The number of fused-ring (bicyclic) bond motifs is 1. The van der Waals surface area contributed by atoms with Gasteiger partial charge in [-0.05, 0) is 44.8 Å². The van der Waals surface area contributed by atoms with Crippen molar-refractivity contribution in [1.29, 1.82) is 0 Å². The number of hydrogen-bond acceptors (Lipinski definition) is 4. The third-order valence-electron chi connectivity index (χ3n) is 4.16. The average Bonchev–Trinajstić information content (AvgIpc) is 2.89. The third kappa shape index (κ3) is 24.3. The summed E-state index contributed by atoms with van der Waals surface area (Å²) in [6, 6.07) is 5.68. The second kappa shape index (κ2) is 25.9. The van der Waals surface area contributed by atoms with Crippen LogP contribution < -0.4 is 10.1 Å². The van der Waals surface area contributed by atoms with Crippen LogP contribution in [0.2, 0.25) is 0 Å². The number of carbonyl (C=O) groups excluding carboxylic acids is 2. The van der Waals surface area contributed by atoms with Gasteiger partial charge in [0, 0.05) is 24.4 Å². The van der Waals surface area contributed by atoms with E-state index in [9.17, 15) is 22.8 Å². The predicted molar refractivity (Wildman–Crippen MR) is 155 cm³/mol. The van der Waals surface area contributed by atoms with Gasteiger partial charge in [-0.15, -0.1) is 18.3 Å². The number of halogens is 3. The number of nitrogens with zero attached hydrogens (tertiary/aromatic N) is 1. The third-order valence-corrected chi connectivity index (χ3v) is 4.16. The lowest BCUT2D eigenvalue weighted by Crippen LogP contribution is -2.31. The van der Waals surface area contributed by atoms with Crippen LogP contribution in [0.25, 0.3) is 0 Å². The van der Waals surface area contributed by atoms with Crippen LogP contribution in [0, 0.1) is 30.1 Å². The molecular formula is C31H43F3N2O3. The summed E-state index contributed by atoms with van der Waals surface area (Å²) in [6.07, 6.45) is 8.20. The summed E-state index contributed by atoms with van der Waals surface area (Å²) in [5.74, 6) is 8.09. The van der Waals surface area contributed by atoms with E-state index in [1.807, 2.05) is 44.0 Å². The van der Waals surface area contributed by atoms with Crippen LogP contribution in [0.3, 0.4) is 0 Å². The van der Waals surface area contributed by atoms with Gasteiger partial charge in [0.15, 0.2) is 5.78 Å². The van der Waals surface area contributed by atoms with Crippen molar-refractivity contribution in [2.45, 2.75) is 54.0 Å². The van der Waals surface area contributed by atoms with Crippen LogP contribution in [0.1, 0.15) is 63.4 Å². The minimum absolute atomic E-state index is 0.00926. The van der Waals surface area contributed by atoms with Gasteiger partial charge in [-0.2, -0.15) is 0 Å². The van der Waals surface area contributed by atoms with Crippen molar-refractivity contribution in [2.24, 2.45) is 5.92 Å². The van der Waals surface area contributed by atoms with E-state index in [2.05, 4.69) is 42.7 Å². The summed E-state index contributed by atoms with van der Waals surface area (Å²) in [6.45, 7) is 15.3. The zero-order chi connectivity index (χ0) is 30.8. The Morgan fingerprint density at radius 2 is 1.87 bits per heavy atom. The number of rotatable bonds is 5. The van der Waals surface area contributed by atoms with Crippen molar-refractivity contribution >= 4 is 11.7 Å². The summed E-state index contributed by atoms with van der Waals surface area (Å²) in [5, 5.41) is 2.42. The zero-order valence-corrected chi connectivity index (χ0v) is 24.3. The quantitative estimate of drug-likeness (QED) is 0.404. The lowest BCUT2D eigenvalue weighted by atomic mass is 9.99. The van der Waals surface area contributed by atoms with E-state index in [4.69, 9.17) is 4.74 Å². The summed E-state index contributed by atoms with van der Waals surface area (Å²) in [7, 11) is 3.56. The van der Waals surface area contributed by atoms with Gasteiger partial charge in [0.25, 0.3) is 0 Å². The van der Waals surface area contributed by atoms with Gasteiger partial charge in [0.05, 0.1) is 20.1 Å². The Kier molecular flexibility index (Phi) is 26.4. The number of benzene rings is 1. The Morgan fingerprint density at radius 1 is 1.31 bits per heavy atom. The average molecular weight is 549 g/mol. The molecule has 0 radical (unpaired) electrons. The molecule has 0 fully saturated rings. The number of terminal acetylenes is 1. The Morgan fingerprint density at radius 3 is 2.26 bits per heavy atom. The summed E-state index contributed by atoms with van der Waals surface area (Å²) < 4.78 is 38.9. The smallest absolute Gasteiger partial charge is 0.223 e. The van der Waals surface area contributed by atoms with Gasteiger partial charge in [-0.1, -0.05) is 52.0 Å². The molecule has 2 rings (SSSR count). The summed E-state index contributed by atoms with van der Waals surface area (Å²) in [5.41, 5.74) is 1.90. The molecule has 5 nitrogen and oxygen atoms in total. The Balaban J connectivity index is -0.000000458. The number of ether oxygens (including phenoxy) is 1. The number of alkyl halides is 1. The Hall–Kier alpha value is -3.75. The van der Waals surface area contributed by atoms with Gasteiger partial charge < -0.3 is 10.1 Å². The first kappa shape index (κ1) is 39.8. The first-order valence-electron chi connectivity index (χ1n) is 12.2. The van der Waals surface area contributed by atoms with Crippen molar-refractivity contribution in [2.75, 3.05) is 27.4 Å². The van der Waals surface area contributed by atoms with Gasteiger partial charge in [-0.25, -0.2) is 13.2 Å². The van der Waals surface area contributed by atoms with Crippen molar-refractivity contribution in [1.82, 2.24) is 10.2 Å². The summed E-state index contributed by atoms with van der Waals surface area (Å²) in [4.78, 5) is 23.9. The number of methoxy groups -OCH3 is 1. The molecule has 39 heavy (non-hydrogen) atoms. The van der Waals surface area contributed by atoms with Crippen molar-refractivity contribution in [3.63, 3.8) is 0 Å². The second-order valence-corrected chi connectivity index (χ2v) is 8.07. The highest BCUT2D eigenvalue weighted by atomic mass is 19.2. The molecule has 0 saturated heterocycles. The van der Waals surface area contributed by atoms with E-state index >= 15 is 0 Å². The summed E-state index contributed by atoms with van der Waals surface area (Å²) >= 11 is 0. The Bertz CT molecular complexity index is 1020. The number of likely N-dealkylation sites (N-methyl/N-ethyl adjacent to an activating group) is 1. The molecule has 0 atom stereocenters. The normalized spacial score (nSPS) is 11.3. The lowest BCUT2D eigenvalue weighted by molar-refractivity contribution is -0.119. The molecule has 0 unspecified atom stereocenters. The van der Waals surface area contributed by atoms with Crippen LogP contribution in [-0.4, -0.2) is 44.0 Å². The van der Waals surface area contributed by atoms with E-state index in [0.29, 0.717) is 18.9 Å². The lowest BCUT2D eigenvalue weighted by Gasteiger charge is -2.23. The minimum Gasteiger partial charge on any atom is -0.497 e. The fraction of sp³-hybridized carbons (Fsp3) is 0.419. The monoisotopic (exact) mass is 548 g/mol. The SMILES string of the molecule is C#CC.C/C=C(/F)CC#CC(C)C.C=C(F)CF.C=CNC(=O)CC.COc1ccc2c(c1)C(=O)CN(C)C2. The number of carbonyl (C=O) groups is 2. The van der Waals surface area contributed by atoms with Crippen LogP contribution in [0.5, 0.6) is 5.75 Å². The van der Waals surface area contributed by atoms with Crippen LogP contribution >= 0.6 is 0 Å². The molecule has 0 saturated carbocycles. The molecule has 1 aliphatic heterocycles.